The van der Waals surface area contributed by atoms with Gasteiger partial charge in [-0.3, -0.25) is 4.79 Å². The van der Waals surface area contributed by atoms with Crippen molar-refractivity contribution in [1.29, 1.82) is 5.26 Å². The summed E-state index contributed by atoms with van der Waals surface area (Å²) in [6.45, 7) is 3.99. The molecule has 0 saturated carbocycles. The predicted molar refractivity (Wildman–Crippen MR) is 124 cm³/mol. The van der Waals surface area contributed by atoms with Gasteiger partial charge in [-0.05, 0) is 43.7 Å². The van der Waals surface area contributed by atoms with Crippen LogP contribution in [0.2, 0.25) is 0 Å². The molecule has 0 aliphatic carbocycles. The quantitative estimate of drug-likeness (QED) is 0.616. The lowest BCUT2D eigenvalue weighted by molar-refractivity contribution is -0.129. The Bertz CT molecular complexity index is 1200. The first-order chi connectivity index (χ1) is 16.0. The summed E-state index contributed by atoms with van der Waals surface area (Å²) in [7, 11) is 1.80. The average molecular weight is 444 g/mol. The Morgan fingerprint density at radius 1 is 1.18 bits per heavy atom. The normalized spacial score (nSPS) is 13.7. The Labute approximate surface area is 192 Å². The monoisotopic (exact) mass is 443 g/mol. The highest BCUT2D eigenvalue weighted by molar-refractivity contribution is 5.82. The van der Waals surface area contributed by atoms with Crippen molar-refractivity contribution in [2.24, 2.45) is 5.73 Å². The maximum Gasteiger partial charge on any atom is 0.241 e. The van der Waals surface area contributed by atoms with Crippen molar-refractivity contribution in [3.8, 4) is 29.0 Å². The standard InChI is InChI=1S/C24H25N7O2/c1-16-9-19(11-22(29-16)31-8-7-30(2)23(32)15-31)33-21-10-17(12-26)3-4-20(21)24-27-13-18(5-6-25)14-28-24/h3-4,9-11,13-14H,5-8,15,25H2,1-2H3. The van der Waals surface area contributed by atoms with Crippen molar-refractivity contribution >= 4 is 11.7 Å². The molecule has 0 unspecified atom stereocenters. The molecule has 9 heteroatoms. The van der Waals surface area contributed by atoms with Crippen LogP contribution in [0.4, 0.5) is 5.82 Å². The Morgan fingerprint density at radius 2 is 1.97 bits per heavy atom. The molecule has 1 aromatic carbocycles. The summed E-state index contributed by atoms with van der Waals surface area (Å²) in [4.78, 5) is 29.3. The fraction of sp³-hybridized carbons (Fsp3) is 0.292. The molecule has 0 bridgehead atoms. The number of aromatic nitrogens is 3. The number of rotatable bonds is 6. The van der Waals surface area contributed by atoms with Crippen LogP contribution >= 0.6 is 0 Å². The number of piperazine rings is 1. The number of nitrogens with two attached hydrogens (primary N) is 1. The van der Waals surface area contributed by atoms with Crippen LogP contribution in [-0.2, 0) is 11.2 Å². The van der Waals surface area contributed by atoms with Crippen molar-refractivity contribution in [2.45, 2.75) is 13.3 Å². The number of hydrogen-bond acceptors (Lipinski definition) is 8. The number of carbonyl (C=O) groups is 1. The summed E-state index contributed by atoms with van der Waals surface area (Å²) < 4.78 is 6.23. The molecule has 1 saturated heterocycles. The lowest BCUT2D eigenvalue weighted by atomic mass is 10.1. The van der Waals surface area contributed by atoms with Crippen molar-refractivity contribution in [1.82, 2.24) is 19.9 Å². The number of ether oxygens (including phenoxy) is 1. The minimum Gasteiger partial charge on any atom is -0.456 e. The van der Waals surface area contributed by atoms with E-state index in [1.54, 1.807) is 48.6 Å². The zero-order valence-electron chi connectivity index (χ0n) is 18.7. The van der Waals surface area contributed by atoms with Gasteiger partial charge in [0.05, 0.1) is 23.7 Å². The molecule has 1 amide bonds. The number of aryl methyl sites for hydroxylation is 1. The second-order valence-corrected chi connectivity index (χ2v) is 7.92. The van der Waals surface area contributed by atoms with Gasteiger partial charge in [0.1, 0.15) is 17.3 Å². The molecule has 1 aliphatic rings. The van der Waals surface area contributed by atoms with Crippen molar-refractivity contribution < 1.29 is 9.53 Å². The molecule has 0 radical (unpaired) electrons. The first kappa shape index (κ1) is 22.2. The van der Waals surface area contributed by atoms with E-state index < -0.39 is 0 Å². The predicted octanol–water partition coefficient (Wildman–Crippen LogP) is 2.29. The number of nitriles is 1. The third-order valence-corrected chi connectivity index (χ3v) is 5.41. The molecule has 1 aliphatic heterocycles. The summed E-state index contributed by atoms with van der Waals surface area (Å²) in [5, 5.41) is 9.39. The van der Waals surface area contributed by atoms with E-state index in [2.05, 4.69) is 21.0 Å². The number of nitrogens with zero attached hydrogens (tertiary/aromatic N) is 6. The second-order valence-electron chi connectivity index (χ2n) is 7.92. The van der Waals surface area contributed by atoms with Gasteiger partial charge in [-0.15, -0.1) is 0 Å². The van der Waals surface area contributed by atoms with Crippen LogP contribution in [0.5, 0.6) is 11.5 Å². The van der Waals surface area contributed by atoms with Gasteiger partial charge in [-0.1, -0.05) is 0 Å². The van der Waals surface area contributed by atoms with E-state index in [1.165, 1.54) is 0 Å². The van der Waals surface area contributed by atoms with E-state index in [9.17, 15) is 10.1 Å². The summed E-state index contributed by atoms with van der Waals surface area (Å²) in [6.07, 6.45) is 4.19. The number of likely N-dealkylation sites (N-methyl/N-ethyl adjacent to an activating group) is 1. The third kappa shape index (κ3) is 5.07. The van der Waals surface area contributed by atoms with E-state index in [0.29, 0.717) is 60.3 Å². The van der Waals surface area contributed by atoms with Crippen LogP contribution in [0, 0.1) is 18.3 Å². The van der Waals surface area contributed by atoms with Crippen LogP contribution in [0.15, 0.2) is 42.7 Å². The molecule has 168 valence electrons. The number of hydrogen-bond donors (Lipinski definition) is 1. The summed E-state index contributed by atoms with van der Waals surface area (Å²) in [5.41, 5.74) is 8.45. The number of benzene rings is 1. The van der Waals surface area contributed by atoms with Gasteiger partial charge in [0, 0.05) is 50.4 Å². The van der Waals surface area contributed by atoms with Crippen LogP contribution in [0.3, 0.4) is 0 Å². The topological polar surface area (TPSA) is 121 Å². The second kappa shape index (κ2) is 9.63. The van der Waals surface area contributed by atoms with Crippen LogP contribution in [0.25, 0.3) is 11.4 Å². The zero-order chi connectivity index (χ0) is 23.4. The van der Waals surface area contributed by atoms with E-state index >= 15 is 0 Å². The molecular formula is C24H25N7O2. The lowest BCUT2D eigenvalue weighted by Crippen LogP contribution is -2.48. The lowest BCUT2D eigenvalue weighted by Gasteiger charge is -2.33. The molecule has 0 atom stereocenters. The van der Waals surface area contributed by atoms with Crippen molar-refractivity contribution in [3.05, 3.63) is 59.5 Å². The minimum absolute atomic E-state index is 0.0475. The van der Waals surface area contributed by atoms with Crippen LogP contribution < -0.4 is 15.4 Å². The molecular weight excluding hydrogens is 418 g/mol. The summed E-state index contributed by atoms with van der Waals surface area (Å²) >= 11 is 0. The highest BCUT2D eigenvalue weighted by Crippen LogP contribution is 2.34. The molecule has 4 rings (SSSR count). The van der Waals surface area contributed by atoms with Gasteiger partial charge in [0.25, 0.3) is 0 Å². The summed E-state index contributed by atoms with van der Waals surface area (Å²) in [6, 6.07) is 10.9. The maximum atomic E-state index is 12.1. The molecule has 2 N–H and O–H groups in total. The van der Waals surface area contributed by atoms with Crippen LogP contribution in [-0.4, -0.2) is 59.0 Å². The largest absolute Gasteiger partial charge is 0.456 e. The van der Waals surface area contributed by atoms with E-state index in [0.717, 1.165) is 11.3 Å². The fourth-order valence-corrected chi connectivity index (χ4v) is 3.57. The zero-order valence-corrected chi connectivity index (χ0v) is 18.7. The SMILES string of the molecule is Cc1cc(Oc2cc(C#N)ccc2-c2ncc(CCN)cn2)cc(N2CCN(C)C(=O)C2)n1. The molecule has 0 spiro atoms. The molecule has 9 nitrogen and oxygen atoms in total. The van der Waals surface area contributed by atoms with Gasteiger partial charge in [-0.2, -0.15) is 5.26 Å². The van der Waals surface area contributed by atoms with Crippen LogP contribution in [0.1, 0.15) is 16.8 Å². The van der Waals surface area contributed by atoms with Gasteiger partial charge in [-0.25, -0.2) is 15.0 Å². The number of anilines is 1. The summed E-state index contributed by atoms with van der Waals surface area (Å²) in [5.74, 6) is 2.23. The van der Waals surface area contributed by atoms with Gasteiger partial charge < -0.3 is 20.3 Å². The highest BCUT2D eigenvalue weighted by Gasteiger charge is 2.23. The fourth-order valence-electron chi connectivity index (χ4n) is 3.57. The van der Waals surface area contributed by atoms with Crippen molar-refractivity contribution in [3.63, 3.8) is 0 Å². The van der Waals surface area contributed by atoms with E-state index in [1.807, 2.05) is 17.9 Å². The number of pyridine rings is 1. The average Bonchev–Trinajstić information content (AvgIpc) is 2.81. The molecule has 1 fully saturated rings. The molecule has 3 heterocycles. The Morgan fingerprint density at radius 3 is 2.67 bits per heavy atom. The smallest absolute Gasteiger partial charge is 0.241 e. The minimum atomic E-state index is 0.0475. The van der Waals surface area contributed by atoms with Gasteiger partial charge in [0.15, 0.2) is 5.82 Å². The molecule has 2 aromatic heterocycles. The highest BCUT2D eigenvalue weighted by atomic mass is 16.5. The molecule has 33 heavy (non-hydrogen) atoms. The molecule has 3 aromatic rings. The number of carbonyl (C=O) groups excluding carboxylic acids is 1. The Hall–Kier alpha value is -4.03. The maximum absolute atomic E-state index is 12.1. The van der Waals surface area contributed by atoms with Crippen molar-refractivity contribution in [2.75, 3.05) is 38.1 Å². The van der Waals surface area contributed by atoms with Gasteiger partial charge in [0.2, 0.25) is 5.91 Å². The van der Waals surface area contributed by atoms with E-state index in [-0.39, 0.29) is 12.5 Å². The first-order valence-corrected chi connectivity index (χ1v) is 10.7. The van der Waals surface area contributed by atoms with E-state index in [4.69, 9.17) is 10.5 Å². The Balaban J connectivity index is 1.66. The Kier molecular flexibility index (Phi) is 6.47. The number of amides is 1. The first-order valence-electron chi connectivity index (χ1n) is 10.7. The third-order valence-electron chi connectivity index (χ3n) is 5.41. The van der Waals surface area contributed by atoms with Gasteiger partial charge >= 0.3 is 0 Å².